The molecule has 6 nitrogen and oxygen atoms in total. The molecule has 1 unspecified atom stereocenters. The molecule has 172 valence electrons. The molecule has 3 aromatic rings. The lowest BCUT2D eigenvalue weighted by atomic mass is 9.92. The van der Waals surface area contributed by atoms with Gasteiger partial charge in [-0.25, -0.2) is 4.98 Å². The maximum atomic E-state index is 12.6. The Bertz CT molecular complexity index is 1060. The quantitative estimate of drug-likeness (QED) is 0.249. The number of nitrogens with zero attached hydrogens (tertiary/aromatic N) is 1. The predicted molar refractivity (Wildman–Crippen MR) is 130 cm³/mol. The Balaban J connectivity index is 1.49. The number of ketones is 1. The number of nitrogens with one attached hydrogen (secondary N) is 1. The van der Waals surface area contributed by atoms with Crippen molar-refractivity contribution in [2.24, 2.45) is 5.92 Å². The van der Waals surface area contributed by atoms with Gasteiger partial charge in [0, 0.05) is 19.2 Å². The average Bonchev–Trinajstić information content (AvgIpc) is 2.80. The van der Waals surface area contributed by atoms with E-state index in [0.29, 0.717) is 12.4 Å². The summed E-state index contributed by atoms with van der Waals surface area (Å²) in [6.45, 7) is 1.27. The number of carbonyl (C=O) groups is 2. The number of aliphatic carboxylic acids is 1. The van der Waals surface area contributed by atoms with Gasteiger partial charge in [0.1, 0.15) is 11.6 Å². The number of carboxylic acids is 1. The van der Waals surface area contributed by atoms with Gasteiger partial charge in [0.05, 0.1) is 28.1 Å². The number of anilines is 1. The van der Waals surface area contributed by atoms with Gasteiger partial charge in [-0.2, -0.15) is 0 Å². The second-order valence-electron chi connectivity index (χ2n) is 7.45. The van der Waals surface area contributed by atoms with Crippen LogP contribution in [0.25, 0.3) is 0 Å². The summed E-state index contributed by atoms with van der Waals surface area (Å²) in [4.78, 5) is 28.6. The molecule has 0 aliphatic rings. The molecule has 0 radical (unpaired) electrons. The van der Waals surface area contributed by atoms with Crippen LogP contribution in [0.3, 0.4) is 0 Å². The lowest BCUT2D eigenvalue weighted by molar-refractivity contribution is -0.141. The van der Waals surface area contributed by atoms with Gasteiger partial charge in [0.2, 0.25) is 0 Å². The van der Waals surface area contributed by atoms with Crippen LogP contribution in [0.15, 0.2) is 66.9 Å². The minimum atomic E-state index is -1.05. The maximum Gasteiger partial charge on any atom is 0.307 e. The number of pyridine rings is 1. The first kappa shape index (κ1) is 24.6. The molecule has 0 saturated carbocycles. The van der Waals surface area contributed by atoms with E-state index in [1.807, 2.05) is 30.3 Å². The molecule has 0 aliphatic carbocycles. The van der Waals surface area contributed by atoms with Crippen molar-refractivity contribution < 1.29 is 19.4 Å². The van der Waals surface area contributed by atoms with Crippen molar-refractivity contribution in [2.45, 2.75) is 19.3 Å². The fourth-order valence-electron chi connectivity index (χ4n) is 3.29. The largest absolute Gasteiger partial charge is 0.494 e. The summed E-state index contributed by atoms with van der Waals surface area (Å²) in [6, 6.07) is 17.7. The first-order valence-corrected chi connectivity index (χ1v) is 11.3. The third kappa shape index (κ3) is 7.48. The molecule has 1 heterocycles. The normalized spacial score (nSPS) is 11.6. The lowest BCUT2D eigenvalue weighted by Gasteiger charge is -2.14. The molecule has 1 atom stereocenters. The van der Waals surface area contributed by atoms with Crippen molar-refractivity contribution in [3.63, 3.8) is 0 Å². The average molecular weight is 487 g/mol. The number of hydrogen-bond donors (Lipinski definition) is 2. The van der Waals surface area contributed by atoms with Crippen molar-refractivity contribution in [1.82, 2.24) is 4.98 Å². The van der Waals surface area contributed by atoms with Crippen LogP contribution in [0, 0.1) is 5.92 Å². The number of benzene rings is 2. The second kappa shape index (κ2) is 12.2. The highest BCUT2D eigenvalue weighted by molar-refractivity contribution is 6.39. The summed E-state index contributed by atoms with van der Waals surface area (Å²) < 4.78 is 5.74. The Morgan fingerprint density at radius 1 is 1.00 bits per heavy atom. The number of aromatic nitrogens is 1. The molecule has 2 aromatic carbocycles. The van der Waals surface area contributed by atoms with Crippen LogP contribution in [0.5, 0.6) is 5.75 Å². The third-order valence-corrected chi connectivity index (χ3v) is 5.62. The Morgan fingerprint density at radius 3 is 2.36 bits per heavy atom. The molecule has 0 amide bonds. The number of halogens is 2. The highest BCUT2D eigenvalue weighted by Crippen LogP contribution is 2.27. The van der Waals surface area contributed by atoms with Crippen molar-refractivity contribution in [2.75, 3.05) is 18.5 Å². The van der Waals surface area contributed by atoms with Gasteiger partial charge in [-0.3, -0.25) is 9.59 Å². The zero-order chi connectivity index (χ0) is 23.6. The first-order chi connectivity index (χ1) is 15.9. The summed E-state index contributed by atoms with van der Waals surface area (Å²) in [7, 11) is 0. The van der Waals surface area contributed by atoms with E-state index >= 15 is 0 Å². The van der Waals surface area contributed by atoms with Gasteiger partial charge in [0.25, 0.3) is 0 Å². The summed E-state index contributed by atoms with van der Waals surface area (Å²) in [5.41, 5.74) is 0.956. The number of ether oxygens (including phenoxy) is 1. The molecular formula is C25H24Cl2N2O4. The van der Waals surface area contributed by atoms with Gasteiger partial charge < -0.3 is 15.2 Å². The molecule has 0 bridgehead atoms. The molecule has 1 aromatic heterocycles. The number of hydrogen-bond acceptors (Lipinski definition) is 5. The van der Waals surface area contributed by atoms with E-state index in [1.165, 1.54) is 0 Å². The van der Waals surface area contributed by atoms with E-state index < -0.39 is 17.7 Å². The van der Waals surface area contributed by atoms with E-state index in [2.05, 4.69) is 10.3 Å². The summed E-state index contributed by atoms with van der Waals surface area (Å²) >= 11 is 12.2. The van der Waals surface area contributed by atoms with Crippen molar-refractivity contribution in [1.29, 1.82) is 0 Å². The van der Waals surface area contributed by atoms with Gasteiger partial charge in [-0.05, 0) is 54.8 Å². The van der Waals surface area contributed by atoms with Crippen LogP contribution >= 0.6 is 23.2 Å². The van der Waals surface area contributed by atoms with E-state index in [9.17, 15) is 14.7 Å². The van der Waals surface area contributed by atoms with Crippen LogP contribution in [0.2, 0.25) is 10.0 Å². The van der Waals surface area contributed by atoms with Crippen LogP contribution in [-0.2, 0) is 11.2 Å². The Morgan fingerprint density at radius 2 is 1.73 bits per heavy atom. The van der Waals surface area contributed by atoms with Gasteiger partial charge in [-0.1, -0.05) is 47.5 Å². The van der Waals surface area contributed by atoms with Gasteiger partial charge in [0.15, 0.2) is 5.78 Å². The Labute approximate surface area is 202 Å². The van der Waals surface area contributed by atoms with E-state index in [-0.39, 0.29) is 28.5 Å². The zero-order valence-electron chi connectivity index (χ0n) is 17.8. The third-order valence-electron chi connectivity index (χ3n) is 4.99. The Kier molecular flexibility index (Phi) is 9.10. The fraction of sp³-hybridized carbons (Fsp3) is 0.240. The van der Waals surface area contributed by atoms with Crippen LogP contribution in [-0.4, -0.2) is 35.0 Å². The molecule has 2 N–H and O–H groups in total. The molecule has 0 saturated heterocycles. The smallest absolute Gasteiger partial charge is 0.307 e. The summed E-state index contributed by atoms with van der Waals surface area (Å²) in [5.74, 6) is -0.814. The minimum Gasteiger partial charge on any atom is -0.494 e. The monoisotopic (exact) mass is 486 g/mol. The summed E-state index contributed by atoms with van der Waals surface area (Å²) in [5, 5.41) is 13.3. The van der Waals surface area contributed by atoms with Crippen LogP contribution < -0.4 is 10.1 Å². The van der Waals surface area contributed by atoms with Crippen molar-refractivity contribution >= 4 is 40.8 Å². The zero-order valence-corrected chi connectivity index (χ0v) is 19.4. The molecule has 3 rings (SSSR count). The minimum absolute atomic E-state index is 0.161. The molecule has 33 heavy (non-hydrogen) atoms. The van der Waals surface area contributed by atoms with Gasteiger partial charge in [-0.15, -0.1) is 0 Å². The fourth-order valence-corrected chi connectivity index (χ4v) is 3.90. The maximum absolute atomic E-state index is 12.6. The lowest BCUT2D eigenvalue weighted by Crippen LogP contribution is -2.21. The number of carboxylic acid groups (broad SMARTS) is 1. The van der Waals surface area contributed by atoms with E-state index in [4.69, 9.17) is 27.9 Å². The second-order valence-corrected chi connectivity index (χ2v) is 8.27. The SMILES string of the molecule is O=C(CC(Cc1ccc(OCCCNc2ccccn2)cc1)C(=O)O)c1c(Cl)cccc1Cl. The number of Topliss-reactive ketones (excluding diaryl/α,β-unsaturated/α-hetero) is 1. The van der Waals surface area contributed by atoms with E-state index in [1.54, 1.807) is 36.5 Å². The predicted octanol–water partition coefficient (Wildman–Crippen LogP) is 5.79. The van der Waals surface area contributed by atoms with Crippen molar-refractivity contribution in [3.8, 4) is 5.75 Å². The molecule has 8 heteroatoms. The molecular weight excluding hydrogens is 463 g/mol. The highest BCUT2D eigenvalue weighted by Gasteiger charge is 2.25. The standard InChI is InChI=1S/C25H24Cl2N2O4/c26-20-5-3-6-21(27)24(20)22(30)16-18(25(31)32)15-17-8-10-19(11-9-17)33-14-4-13-29-23-7-1-2-12-28-23/h1-3,5-12,18H,4,13-16H2,(H,28,29)(H,31,32). The van der Waals surface area contributed by atoms with Crippen LogP contribution in [0.4, 0.5) is 5.82 Å². The molecule has 0 spiro atoms. The number of rotatable bonds is 12. The number of carbonyl (C=O) groups excluding carboxylic acids is 1. The topological polar surface area (TPSA) is 88.5 Å². The summed E-state index contributed by atoms with van der Waals surface area (Å²) in [6.07, 6.45) is 2.54. The van der Waals surface area contributed by atoms with Crippen molar-refractivity contribution in [3.05, 3.63) is 88.0 Å². The molecule has 0 fully saturated rings. The highest BCUT2D eigenvalue weighted by atomic mass is 35.5. The van der Waals surface area contributed by atoms with Crippen LogP contribution in [0.1, 0.15) is 28.8 Å². The van der Waals surface area contributed by atoms with Gasteiger partial charge >= 0.3 is 5.97 Å². The van der Waals surface area contributed by atoms with E-state index in [0.717, 1.165) is 24.3 Å². The molecule has 0 aliphatic heterocycles. The Hall–Kier alpha value is -3.09. The first-order valence-electron chi connectivity index (χ1n) is 10.5.